The Morgan fingerprint density at radius 1 is 1.40 bits per heavy atom. The Hall–Kier alpha value is -1.09. The Bertz CT molecular complexity index is 605. The highest BCUT2D eigenvalue weighted by molar-refractivity contribution is 6.17. The third kappa shape index (κ3) is 2.56. The van der Waals surface area contributed by atoms with E-state index in [0.717, 1.165) is 34.9 Å². The van der Waals surface area contributed by atoms with Gasteiger partial charge in [0.25, 0.3) is 0 Å². The normalized spacial score (nSPS) is 23.4. The van der Waals surface area contributed by atoms with E-state index in [-0.39, 0.29) is 0 Å². The fourth-order valence-electron chi connectivity index (χ4n) is 3.41. The molecule has 0 bridgehead atoms. The maximum atomic E-state index is 5.96. The van der Waals surface area contributed by atoms with E-state index in [4.69, 9.17) is 16.6 Å². The average Bonchev–Trinajstić information content (AvgIpc) is 2.76. The summed E-state index contributed by atoms with van der Waals surface area (Å²) in [7, 11) is 0. The number of alkyl halides is 1. The van der Waals surface area contributed by atoms with E-state index in [0.29, 0.717) is 11.9 Å². The summed E-state index contributed by atoms with van der Waals surface area (Å²) in [6, 6.07) is 2.67. The van der Waals surface area contributed by atoms with Crippen LogP contribution in [0.3, 0.4) is 0 Å². The van der Waals surface area contributed by atoms with Gasteiger partial charge >= 0.3 is 0 Å². The van der Waals surface area contributed by atoms with Gasteiger partial charge in [-0.1, -0.05) is 19.8 Å². The molecule has 0 aliphatic heterocycles. The molecular formula is C16H22ClN3. The molecule has 1 fully saturated rings. The zero-order valence-corrected chi connectivity index (χ0v) is 13.0. The third-order valence-corrected chi connectivity index (χ3v) is 4.52. The van der Waals surface area contributed by atoms with Crippen LogP contribution < -0.4 is 0 Å². The fourth-order valence-corrected chi connectivity index (χ4v) is 3.58. The molecule has 3 nitrogen and oxygen atoms in total. The number of halogens is 1. The van der Waals surface area contributed by atoms with Gasteiger partial charge < -0.3 is 4.57 Å². The van der Waals surface area contributed by atoms with Gasteiger partial charge in [-0.3, -0.25) is 0 Å². The predicted molar refractivity (Wildman–Crippen MR) is 83.4 cm³/mol. The van der Waals surface area contributed by atoms with Gasteiger partial charge in [-0.05, 0) is 37.3 Å². The van der Waals surface area contributed by atoms with E-state index in [9.17, 15) is 0 Å². The van der Waals surface area contributed by atoms with Crippen LogP contribution in [-0.2, 0) is 6.42 Å². The molecule has 1 aliphatic carbocycles. The van der Waals surface area contributed by atoms with E-state index < -0.39 is 0 Å². The largest absolute Gasteiger partial charge is 0.310 e. The molecule has 2 aromatic heterocycles. The summed E-state index contributed by atoms with van der Waals surface area (Å²) in [4.78, 5) is 9.42. The lowest BCUT2D eigenvalue weighted by atomic mass is 9.87. The number of rotatable bonds is 3. The van der Waals surface area contributed by atoms with Crippen molar-refractivity contribution in [2.24, 2.45) is 5.92 Å². The molecule has 0 N–H and O–H groups in total. The number of hydrogen-bond donors (Lipinski definition) is 0. The van der Waals surface area contributed by atoms with E-state index in [1.807, 2.05) is 6.20 Å². The first-order chi connectivity index (χ1) is 9.69. The quantitative estimate of drug-likeness (QED) is 0.791. The lowest BCUT2D eigenvalue weighted by molar-refractivity contribution is 0.282. The van der Waals surface area contributed by atoms with Crippen molar-refractivity contribution in [1.29, 1.82) is 0 Å². The summed E-state index contributed by atoms with van der Waals surface area (Å²) >= 11 is 5.96. The standard InChI is InChI=1S/C16H22ClN3/c1-11-4-3-5-13(8-11)20-15(6-7-17)19-14-9-12(2)10-18-16(14)20/h9-11,13H,3-8H2,1-2H3. The van der Waals surface area contributed by atoms with Crippen molar-refractivity contribution < 1.29 is 0 Å². The summed E-state index contributed by atoms with van der Waals surface area (Å²) in [6.45, 7) is 4.42. The second kappa shape index (κ2) is 5.72. The molecule has 0 radical (unpaired) electrons. The number of pyridine rings is 1. The van der Waals surface area contributed by atoms with Crippen LogP contribution in [0, 0.1) is 12.8 Å². The van der Waals surface area contributed by atoms with E-state index in [2.05, 4.69) is 29.5 Å². The molecule has 3 rings (SSSR count). The lowest BCUT2D eigenvalue weighted by Crippen LogP contribution is -2.20. The van der Waals surface area contributed by atoms with Crippen LogP contribution in [-0.4, -0.2) is 20.4 Å². The van der Waals surface area contributed by atoms with Crippen LogP contribution >= 0.6 is 11.6 Å². The van der Waals surface area contributed by atoms with Gasteiger partial charge in [0.15, 0.2) is 5.65 Å². The summed E-state index contributed by atoms with van der Waals surface area (Å²) in [6.07, 6.45) is 7.88. The topological polar surface area (TPSA) is 30.7 Å². The van der Waals surface area contributed by atoms with Gasteiger partial charge in [0.2, 0.25) is 0 Å². The van der Waals surface area contributed by atoms with Crippen molar-refractivity contribution in [3.63, 3.8) is 0 Å². The molecule has 0 spiro atoms. The Morgan fingerprint density at radius 2 is 2.25 bits per heavy atom. The smallest absolute Gasteiger partial charge is 0.160 e. The molecule has 1 aliphatic rings. The zero-order valence-electron chi connectivity index (χ0n) is 12.3. The Balaban J connectivity index is 2.08. The summed E-state index contributed by atoms with van der Waals surface area (Å²) in [5, 5.41) is 0. The number of aromatic nitrogens is 3. The van der Waals surface area contributed by atoms with E-state index in [1.165, 1.54) is 25.7 Å². The number of nitrogens with zero attached hydrogens (tertiary/aromatic N) is 3. The Kier molecular flexibility index (Phi) is 3.97. The van der Waals surface area contributed by atoms with Crippen LogP contribution in [0.2, 0.25) is 0 Å². The molecule has 2 atom stereocenters. The minimum atomic E-state index is 0.539. The Labute approximate surface area is 125 Å². The molecule has 4 heteroatoms. The van der Waals surface area contributed by atoms with E-state index >= 15 is 0 Å². The van der Waals surface area contributed by atoms with Crippen LogP contribution in [0.1, 0.15) is 50.0 Å². The molecule has 2 unspecified atom stereocenters. The third-order valence-electron chi connectivity index (χ3n) is 4.33. The lowest BCUT2D eigenvalue weighted by Gasteiger charge is -2.29. The van der Waals surface area contributed by atoms with Crippen molar-refractivity contribution in [3.05, 3.63) is 23.7 Å². The van der Waals surface area contributed by atoms with Crippen molar-refractivity contribution in [2.75, 3.05) is 5.88 Å². The highest BCUT2D eigenvalue weighted by atomic mass is 35.5. The minimum absolute atomic E-state index is 0.539. The molecule has 2 heterocycles. The number of aryl methyl sites for hydroxylation is 2. The first-order valence-corrected chi connectivity index (χ1v) is 8.12. The van der Waals surface area contributed by atoms with Gasteiger partial charge in [-0.25, -0.2) is 9.97 Å². The van der Waals surface area contributed by atoms with Crippen molar-refractivity contribution in [2.45, 2.75) is 52.0 Å². The summed E-state index contributed by atoms with van der Waals surface area (Å²) in [5.41, 5.74) is 3.22. The number of fused-ring (bicyclic) bond motifs is 1. The van der Waals surface area contributed by atoms with Crippen molar-refractivity contribution in [1.82, 2.24) is 14.5 Å². The van der Waals surface area contributed by atoms with Crippen LogP contribution in [0.5, 0.6) is 0 Å². The minimum Gasteiger partial charge on any atom is -0.310 e. The van der Waals surface area contributed by atoms with Gasteiger partial charge in [-0.15, -0.1) is 11.6 Å². The maximum absolute atomic E-state index is 5.96. The molecule has 20 heavy (non-hydrogen) atoms. The number of imidazole rings is 1. The monoisotopic (exact) mass is 291 g/mol. The first kappa shape index (κ1) is 13.9. The Morgan fingerprint density at radius 3 is 3.00 bits per heavy atom. The molecular weight excluding hydrogens is 270 g/mol. The zero-order chi connectivity index (χ0) is 14.1. The molecule has 0 aromatic carbocycles. The molecule has 2 aromatic rings. The van der Waals surface area contributed by atoms with E-state index in [1.54, 1.807) is 0 Å². The average molecular weight is 292 g/mol. The fraction of sp³-hybridized carbons (Fsp3) is 0.625. The second-order valence-corrected chi connectivity index (χ2v) is 6.50. The van der Waals surface area contributed by atoms with Crippen LogP contribution in [0.15, 0.2) is 12.3 Å². The molecule has 108 valence electrons. The summed E-state index contributed by atoms with van der Waals surface area (Å²) in [5.74, 6) is 2.51. The van der Waals surface area contributed by atoms with Gasteiger partial charge in [0.05, 0.1) is 0 Å². The van der Waals surface area contributed by atoms with Crippen LogP contribution in [0.25, 0.3) is 11.2 Å². The van der Waals surface area contributed by atoms with Gasteiger partial charge in [-0.2, -0.15) is 0 Å². The maximum Gasteiger partial charge on any atom is 0.160 e. The molecule has 1 saturated carbocycles. The predicted octanol–water partition coefficient (Wildman–Crippen LogP) is 4.27. The first-order valence-electron chi connectivity index (χ1n) is 7.58. The highest BCUT2D eigenvalue weighted by Crippen LogP contribution is 2.35. The second-order valence-electron chi connectivity index (χ2n) is 6.12. The van der Waals surface area contributed by atoms with Crippen LogP contribution in [0.4, 0.5) is 0 Å². The molecule has 0 saturated heterocycles. The van der Waals surface area contributed by atoms with Gasteiger partial charge in [0.1, 0.15) is 11.3 Å². The summed E-state index contributed by atoms with van der Waals surface area (Å²) < 4.78 is 2.37. The highest BCUT2D eigenvalue weighted by Gasteiger charge is 2.24. The van der Waals surface area contributed by atoms with Crippen molar-refractivity contribution >= 4 is 22.8 Å². The SMILES string of the molecule is Cc1cnc2c(c1)nc(CCCl)n2C1CCCC(C)C1. The number of hydrogen-bond acceptors (Lipinski definition) is 2. The van der Waals surface area contributed by atoms with Crippen molar-refractivity contribution in [3.8, 4) is 0 Å². The molecule has 0 amide bonds. The van der Waals surface area contributed by atoms with Gasteiger partial charge in [0, 0.05) is 24.5 Å².